The van der Waals surface area contributed by atoms with Gasteiger partial charge < -0.3 is 24.8 Å². The molecule has 0 amide bonds. The van der Waals surface area contributed by atoms with E-state index < -0.39 is 0 Å². The predicted molar refractivity (Wildman–Crippen MR) is 121 cm³/mol. The molecule has 0 saturated carbocycles. The Labute approximate surface area is 182 Å². The summed E-state index contributed by atoms with van der Waals surface area (Å²) >= 11 is 0. The third-order valence-corrected chi connectivity index (χ3v) is 4.98. The Kier molecular flexibility index (Phi) is 12.2. The molecule has 6 nitrogen and oxygen atoms in total. The second-order valence-corrected chi connectivity index (χ2v) is 8.42. The van der Waals surface area contributed by atoms with E-state index in [1.807, 2.05) is 0 Å². The molecule has 0 bridgehead atoms. The van der Waals surface area contributed by atoms with Crippen molar-refractivity contribution in [3.63, 3.8) is 0 Å². The van der Waals surface area contributed by atoms with Gasteiger partial charge in [-0.2, -0.15) is 0 Å². The second kappa shape index (κ2) is 13.2. The van der Waals surface area contributed by atoms with Crippen LogP contribution >= 0.6 is 24.0 Å². The van der Waals surface area contributed by atoms with Crippen LogP contribution in [-0.2, 0) is 14.2 Å². The minimum absolute atomic E-state index is 0. The number of halogens is 1. The molecule has 27 heavy (non-hydrogen) atoms. The first-order chi connectivity index (χ1) is 12.5. The number of nitrogens with one attached hydrogen (secondary N) is 2. The number of aliphatic imine (C=N–C) groups is 1. The molecule has 0 spiro atoms. The molecule has 3 atom stereocenters. The van der Waals surface area contributed by atoms with Crippen molar-refractivity contribution in [3.05, 3.63) is 0 Å². The molecule has 0 aliphatic carbocycles. The zero-order chi connectivity index (χ0) is 18.8. The van der Waals surface area contributed by atoms with Crippen LogP contribution in [0.1, 0.15) is 53.4 Å². The SMILES string of the molecule is CCNC(=NCC1CCCOC1C(C)(C)C)NCCCOC1CCOC1.I. The van der Waals surface area contributed by atoms with Gasteiger partial charge >= 0.3 is 0 Å². The number of ether oxygens (including phenoxy) is 3. The van der Waals surface area contributed by atoms with Crippen LogP contribution in [0, 0.1) is 11.3 Å². The molecular formula is C20H40IN3O3. The first-order valence-electron chi connectivity index (χ1n) is 10.3. The minimum atomic E-state index is 0. The van der Waals surface area contributed by atoms with E-state index in [0.29, 0.717) is 5.92 Å². The van der Waals surface area contributed by atoms with Gasteiger partial charge in [0.25, 0.3) is 0 Å². The Morgan fingerprint density at radius 3 is 2.67 bits per heavy atom. The number of nitrogens with zero attached hydrogens (tertiary/aromatic N) is 1. The van der Waals surface area contributed by atoms with E-state index in [4.69, 9.17) is 19.2 Å². The monoisotopic (exact) mass is 497 g/mol. The van der Waals surface area contributed by atoms with Gasteiger partial charge in [-0.1, -0.05) is 20.8 Å². The Bertz CT molecular complexity index is 423. The van der Waals surface area contributed by atoms with E-state index in [0.717, 1.165) is 71.3 Å². The number of rotatable bonds is 8. The molecule has 2 rings (SSSR count). The van der Waals surface area contributed by atoms with Gasteiger partial charge in [0.05, 0.1) is 18.8 Å². The molecular weight excluding hydrogens is 457 g/mol. The van der Waals surface area contributed by atoms with Crippen molar-refractivity contribution in [2.45, 2.75) is 65.6 Å². The highest BCUT2D eigenvalue weighted by Gasteiger charge is 2.35. The number of hydrogen-bond donors (Lipinski definition) is 2. The van der Waals surface area contributed by atoms with Crippen molar-refractivity contribution in [3.8, 4) is 0 Å². The van der Waals surface area contributed by atoms with Gasteiger partial charge in [0.1, 0.15) is 0 Å². The van der Waals surface area contributed by atoms with E-state index >= 15 is 0 Å². The zero-order valence-corrected chi connectivity index (χ0v) is 19.9. The molecule has 0 radical (unpaired) electrons. The molecule has 7 heteroatoms. The maximum Gasteiger partial charge on any atom is 0.191 e. The molecule has 2 aliphatic rings. The van der Waals surface area contributed by atoms with Gasteiger partial charge in [0, 0.05) is 45.4 Å². The summed E-state index contributed by atoms with van der Waals surface area (Å²) in [6.07, 6.45) is 4.90. The largest absolute Gasteiger partial charge is 0.379 e. The topological polar surface area (TPSA) is 64.1 Å². The van der Waals surface area contributed by atoms with Crippen LogP contribution in [0.5, 0.6) is 0 Å². The maximum atomic E-state index is 6.07. The molecule has 2 fully saturated rings. The third kappa shape index (κ3) is 9.28. The lowest BCUT2D eigenvalue weighted by molar-refractivity contribution is -0.0823. The van der Waals surface area contributed by atoms with E-state index in [-0.39, 0.29) is 41.6 Å². The fraction of sp³-hybridized carbons (Fsp3) is 0.950. The highest BCUT2D eigenvalue weighted by molar-refractivity contribution is 14.0. The summed E-state index contributed by atoms with van der Waals surface area (Å²) in [6.45, 7) is 14.7. The predicted octanol–water partition coefficient (Wildman–Crippen LogP) is 3.20. The molecule has 160 valence electrons. The van der Waals surface area contributed by atoms with Crippen LogP contribution < -0.4 is 10.6 Å². The van der Waals surface area contributed by atoms with Crippen LogP contribution in [0.2, 0.25) is 0 Å². The van der Waals surface area contributed by atoms with E-state index in [2.05, 4.69) is 38.3 Å². The van der Waals surface area contributed by atoms with Crippen molar-refractivity contribution in [2.75, 3.05) is 46.1 Å². The van der Waals surface area contributed by atoms with Crippen molar-refractivity contribution in [2.24, 2.45) is 16.3 Å². The lowest BCUT2D eigenvalue weighted by Gasteiger charge is -2.39. The van der Waals surface area contributed by atoms with Gasteiger partial charge in [0.2, 0.25) is 0 Å². The standard InChI is InChI=1S/C20H39N3O3.HI/c1-5-21-19(22-10-7-12-25-17-9-13-24-15-17)23-14-16-8-6-11-26-18(16)20(2,3)4;/h16-18H,5-15H2,1-4H3,(H2,21,22,23);1H. The Balaban J connectivity index is 0.00000364. The Morgan fingerprint density at radius 1 is 1.19 bits per heavy atom. The summed E-state index contributed by atoms with van der Waals surface area (Å²) in [4.78, 5) is 4.83. The summed E-state index contributed by atoms with van der Waals surface area (Å²) < 4.78 is 17.2. The lowest BCUT2D eigenvalue weighted by atomic mass is 9.78. The van der Waals surface area contributed by atoms with Crippen molar-refractivity contribution >= 4 is 29.9 Å². The van der Waals surface area contributed by atoms with Crippen LogP contribution in [-0.4, -0.2) is 64.2 Å². The summed E-state index contributed by atoms with van der Waals surface area (Å²) in [7, 11) is 0. The van der Waals surface area contributed by atoms with Crippen LogP contribution in [0.3, 0.4) is 0 Å². The second-order valence-electron chi connectivity index (χ2n) is 8.42. The molecule has 0 aromatic carbocycles. The average molecular weight is 497 g/mol. The summed E-state index contributed by atoms with van der Waals surface area (Å²) in [5, 5.41) is 6.77. The quantitative estimate of drug-likeness (QED) is 0.234. The first kappa shape index (κ1) is 24.9. The Morgan fingerprint density at radius 2 is 2.00 bits per heavy atom. The fourth-order valence-corrected chi connectivity index (χ4v) is 3.71. The van der Waals surface area contributed by atoms with Crippen LogP contribution in [0.4, 0.5) is 0 Å². The van der Waals surface area contributed by atoms with Crippen LogP contribution in [0.15, 0.2) is 4.99 Å². The van der Waals surface area contributed by atoms with Gasteiger partial charge in [-0.3, -0.25) is 4.99 Å². The van der Waals surface area contributed by atoms with Gasteiger partial charge in [0.15, 0.2) is 5.96 Å². The zero-order valence-electron chi connectivity index (χ0n) is 17.6. The molecule has 3 unspecified atom stereocenters. The fourth-order valence-electron chi connectivity index (χ4n) is 3.71. The summed E-state index contributed by atoms with van der Waals surface area (Å²) in [6, 6.07) is 0. The maximum absolute atomic E-state index is 6.07. The normalized spacial score (nSPS) is 26.5. The lowest BCUT2D eigenvalue weighted by Crippen LogP contribution is -2.43. The van der Waals surface area contributed by atoms with E-state index in [1.165, 1.54) is 6.42 Å². The smallest absolute Gasteiger partial charge is 0.191 e. The summed E-state index contributed by atoms with van der Waals surface area (Å²) in [5.41, 5.74) is 0.160. The molecule has 0 aromatic rings. The summed E-state index contributed by atoms with van der Waals surface area (Å²) in [5.74, 6) is 1.39. The number of hydrogen-bond acceptors (Lipinski definition) is 4. The van der Waals surface area contributed by atoms with Gasteiger partial charge in [-0.05, 0) is 38.0 Å². The highest BCUT2D eigenvalue weighted by Crippen LogP contribution is 2.34. The van der Waals surface area contributed by atoms with Crippen molar-refractivity contribution in [1.82, 2.24) is 10.6 Å². The molecule has 2 saturated heterocycles. The highest BCUT2D eigenvalue weighted by atomic mass is 127. The van der Waals surface area contributed by atoms with E-state index in [9.17, 15) is 0 Å². The van der Waals surface area contributed by atoms with Crippen molar-refractivity contribution < 1.29 is 14.2 Å². The molecule has 2 aliphatic heterocycles. The molecule has 2 N–H and O–H groups in total. The van der Waals surface area contributed by atoms with E-state index in [1.54, 1.807) is 0 Å². The minimum Gasteiger partial charge on any atom is -0.379 e. The Hall–Kier alpha value is -0.120. The third-order valence-electron chi connectivity index (χ3n) is 4.98. The average Bonchev–Trinajstić information content (AvgIpc) is 3.12. The number of guanidine groups is 1. The molecule has 0 aromatic heterocycles. The first-order valence-corrected chi connectivity index (χ1v) is 10.3. The molecule has 2 heterocycles. The van der Waals surface area contributed by atoms with Gasteiger partial charge in [-0.15, -0.1) is 24.0 Å². The van der Waals surface area contributed by atoms with Crippen LogP contribution in [0.25, 0.3) is 0 Å². The van der Waals surface area contributed by atoms with Gasteiger partial charge in [-0.25, -0.2) is 0 Å². The van der Waals surface area contributed by atoms with Crippen molar-refractivity contribution in [1.29, 1.82) is 0 Å².